The van der Waals surface area contributed by atoms with Gasteiger partial charge in [-0.2, -0.15) is 9.13 Å². The van der Waals surface area contributed by atoms with Gasteiger partial charge in [0.2, 0.25) is 5.78 Å². The minimum Gasteiger partial charge on any atom is -0.457 e. The molecule has 0 aliphatic heterocycles. The van der Waals surface area contributed by atoms with Crippen LogP contribution in [0.1, 0.15) is 45.6 Å². The van der Waals surface area contributed by atoms with E-state index in [1.165, 1.54) is 0 Å². The average molecular weight is 802 g/mol. The number of fused-ring (bicyclic) bond motifs is 6. The quantitative estimate of drug-likeness (QED) is 0.151. The third-order valence-corrected chi connectivity index (χ3v) is 11.1. The molecular weight excluding hydrogens is 749 g/mol. The third kappa shape index (κ3) is 6.16. The van der Waals surface area contributed by atoms with Crippen molar-refractivity contribution in [3.8, 4) is 50.9 Å². The van der Waals surface area contributed by atoms with Gasteiger partial charge >= 0.3 is 0 Å². The molecule has 294 valence electrons. The van der Waals surface area contributed by atoms with E-state index in [9.17, 15) is 0 Å². The summed E-state index contributed by atoms with van der Waals surface area (Å²) >= 11 is 0. The Morgan fingerprint density at radius 1 is 0.639 bits per heavy atom. The lowest BCUT2D eigenvalue weighted by Gasteiger charge is -2.19. The second-order valence-electron chi connectivity index (χ2n) is 16.0. The van der Waals surface area contributed by atoms with Crippen molar-refractivity contribution in [1.29, 1.82) is 0 Å². The van der Waals surface area contributed by atoms with E-state index in [0.717, 1.165) is 44.8 Å². The van der Waals surface area contributed by atoms with Gasteiger partial charge in [-0.15, -0.1) is 0 Å². The molecule has 7 heteroatoms. The Kier molecular flexibility index (Phi) is 6.31. The highest BCUT2D eigenvalue weighted by Gasteiger charge is 2.26. The van der Waals surface area contributed by atoms with E-state index >= 15 is 0 Å². The zero-order valence-electron chi connectivity index (χ0n) is 43.7. The molecule has 0 saturated heterocycles. The van der Waals surface area contributed by atoms with Gasteiger partial charge in [0.15, 0.2) is 11.0 Å². The summed E-state index contributed by atoms with van der Waals surface area (Å²) in [4.78, 5) is 10.0. The number of rotatable bonds is 7. The summed E-state index contributed by atoms with van der Waals surface area (Å²) in [5, 5.41) is 0. The van der Waals surface area contributed by atoms with Crippen LogP contribution in [0.4, 0.5) is 0 Å². The molecule has 4 aromatic heterocycles. The van der Waals surface area contributed by atoms with E-state index in [1.54, 1.807) is 29.1 Å². The molecule has 11 rings (SSSR count). The zero-order valence-corrected chi connectivity index (χ0v) is 33.7. The fourth-order valence-corrected chi connectivity index (χ4v) is 8.19. The normalized spacial score (nSPS) is 14.2. The van der Waals surface area contributed by atoms with Crippen LogP contribution in [-0.2, 0) is 5.41 Å². The predicted octanol–water partition coefficient (Wildman–Crippen LogP) is 12.8. The van der Waals surface area contributed by atoms with Gasteiger partial charge in [-0.3, -0.25) is 8.97 Å². The molecule has 0 aliphatic rings. The van der Waals surface area contributed by atoms with E-state index in [-0.39, 0.29) is 33.4 Å². The summed E-state index contributed by atoms with van der Waals surface area (Å²) in [5.74, 6) is 2.52. The van der Waals surface area contributed by atoms with Crippen LogP contribution in [0.5, 0.6) is 11.5 Å². The Morgan fingerprint density at radius 3 is 2.08 bits per heavy atom. The Morgan fingerprint density at radius 2 is 1.33 bits per heavy atom. The van der Waals surface area contributed by atoms with Gasteiger partial charge in [0.05, 0.1) is 35.8 Å². The fraction of sp³-hybridized carbons (Fsp3) is 0.0926. The highest BCUT2D eigenvalue weighted by molar-refractivity contribution is 5.93. The van der Waals surface area contributed by atoms with Gasteiger partial charge in [0.25, 0.3) is 6.33 Å². The summed E-state index contributed by atoms with van der Waals surface area (Å²) in [5.41, 5.74) is 8.07. The molecule has 0 saturated carbocycles. The average Bonchev–Trinajstić information content (AvgIpc) is 4.04. The zero-order chi connectivity index (χ0) is 49.9. The molecule has 0 radical (unpaired) electrons. The van der Waals surface area contributed by atoms with Gasteiger partial charge in [0, 0.05) is 29.5 Å². The second kappa shape index (κ2) is 14.2. The monoisotopic (exact) mass is 801 g/mol. The van der Waals surface area contributed by atoms with Crippen LogP contribution in [0.25, 0.3) is 78.3 Å². The topological polar surface area (TPSA) is 53.2 Å². The van der Waals surface area contributed by atoms with E-state index in [0.29, 0.717) is 28.2 Å². The lowest BCUT2D eigenvalue weighted by atomic mass is 9.88. The summed E-state index contributed by atoms with van der Waals surface area (Å²) in [6.07, 6.45) is 3.60. The number of benzene rings is 7. The first-order valence-corrected chi connectivity index (χ1v) is 19.9. The smallest absolute Gasteiger partial charge is 0.255 e. The molecule has 0 fully saturated rings. The van der Waals surface area contributed by atoms with Crippen LogP contribution in [-0.4, -0.2) is 23.5 Å². The number of imidazole rings is 3. The van der Waals surface area contributed by atoms with Crippen molar-refractivity contribution in [3.05, 3.63) is 199 Å². The maximum absolute atomic E-state index is 9.03. The number of hydrogen-bond acceptors (Lipinski definition) is 3. The maximum Gasteiger partial charge on any atom is 0.255 e. The van der Waals surface area contributed by atoms with E-state index < -0.39 is 60.4 Å². The Hall–Kier alpha value is -7.77. The van der Waals surface area contributed by atoms with Crippen molar-refractivity contribution in [2.24, 2.45) is 0 Å². The number of aryl methyl sites for hydroxylation is 1. The van der Waals surface area contributed by atoms with Gasteiger partial charge < -0.3 is 4.74 Å². The molecule has 61 heavy (non-hydrogen) atoms. The lowest BCUT2D eigenvalue weighted by molar-refractivity contribution is -0.566. The van der Waals surface area contributed by atoms with Crippen molar-refractivity contribution < 1.29 is 23.0 Å². The van der Waals surface area contributed by atoms with Gasteiger partial charge in [-0.1, -0.05) is 130 Å². The minimum absolute atomic E-state index is 0.114. The maximum atomic E-state index is 9.03. The number of hydrogen-bond donors (Lipinski definition) is 0. The first kappa shape index (κ1) is 27.1. The Balaban J connectivity index is 1.09. The first-order chi connectivity index (χ1) is 33.9. The van der Waals surface area contributed by atoms with Crippen LogP contribution < -0.4 is 9.30 Å². The summed E-state index contributed by atoms with van der Waals surface area (Å²) in [6.45, 7) is 8.57. The third-order valence-electron chi connectivity index (χ3n) is 11.1. The molecular formula is C54H43N6O+. The van der Waals surface area contributed by atoms with Gasteiger partial charge in [-0.25, -0.2) is 9.97 Å². The van der Waals surface area contributed by atoms with Crippen molar-refractivity contribution in [2.75, 3.05) is 0 Å². The van der Waals surface area contributed by atoms with Gasteiger partial charge in [0.1, 0.15) is 28.7 Å². The molecule has 0 aliphatic carbocycles. The van der Waals surface area contributed by atoms with E-state index in [4.69, 9.17) is 28.4 Å². The predicted molar refractivity (Wildman–Crippen MR) is 247 cm³/mol. The second-order valence-corrected chi connectivity index (χ2v) is 16.0. The Labute approximate surface area is 368 Å². The molecule has 0 atom stereocenters. The SMILES string of the molecule is [2H]c1c([2H])c([2H])c(-c2cccc(-c3c([2H])c([2H])c([2H])c([2H])c3[2H])c2-[n+]2cn(-c3cccc(Oc4ccc5c(c4)n(-c4cc(C(C)(C)C)ccn4)c4nc6c(C)cccc6n54)c3)c3ccccc32)c([2H])c1[2H]. The molecule has 0 unspecified atom stereocenters. The number of nitrogens with zero attached hydrogens (tertiary/aromatic N) is 6. The molecule has 0 spiro atoms. The minimum atomic E-state index is -0.561. The van der Waals surface area contributed by atoms with Crippen LogP contribution in [0, 0.1) is 6.92 Å². The van der Waals surface area contributed by atoms with Crippen molar-refractivity contribution >= 4 is 38.9 Å². The van der Waals surface area contributed by atoms with Crippen LogP contribution in [0.3, 0.4) is 0 Å². The molecule has 7 nitrogen and oxygen atoms in total. The van der Waals surface area contributed by atoms with Crippen LogP contribution >= 0.6 is 0 Å². The standard InChI is InChI=1S/C54H43N6O/c1-36-16-13-27-48-51(36)56-53-59(48)47-29-28-42(34-49(47)60(53)50-32-39(30-31-55-50)54(2,3)4)61-41-22-14-21-40(33-41)57-35-58(46-26-12-11-25-45(46)57)52-43(37-17-7-5-8-18-37)23-15-24-44(52)38-19-9-6-10-20-38/h5-35H,1-4H3/q+1/i5D,6D,7D,8D,9D,10D,17D,18D,19D,20D. The fourth-order valence-electron chi connectivity index (χ4n) is 8.19. The highest BCUT2D eigenvalue weighted by atomic mass is 16.5. The van der Waals surface area contributed by atoms with Gasteiger partial charge in [-0.05, 0) is 89.2 Å². The molecule has 0 amide bonds. The van der Waals surface area contributed by atoms with E-state index in [1.807, 2.05) is 89.6 Å². The number of aromatic nitrogens is 6. The number of ether oxygens (including phenoxy) is 1. The summed E-state index contributed by atoms with van der Waals surface area (Å²) in [6, 6.07) is 30.9. The van der Waals surface area contributed by atoms with Crippen LogP contribution in [0.15, 0.2) is 188 Å². The van der Waals surface area contributed by atoms with Crippen LogP contribution in [0.2, 0.25) is 0 Å². The highest BCUT2D eigenvalue weighted by Crippen LogP contribution is 2.37. The molecule has 7 aromatic carbocycles. The summed E-state index contributed by atoms with van der Waals surface area (Å²) < 4.78 is 102. The largest absolute Gasteiger partial charge is 0.457 e. The molecule has 4 heterocycles. The number of pyridine rings is 1. The Bertz CT molecular complexity index is 3910. The number of para-hydroxylation sites is 4. The van der Waals surface area contributed by atoms with Crippen molar-refractivity contribution in [2.45, 2.75) is 33.1 Å². The van der Waals surface area contributed by atoms with Crippen molar-refractivity contribution in [1.82, 2.24) is 23.5 Å². The molecule has 0 bridgehead atoms. The summed E-state index contributed by atoms with van der Waals surface area (Å²) in [7, 11) is 0. The van der Waals surface area contributed by atoms with Crippen molar-refractivity contribution in [3.63, 3.8) is 0 Å². The first-order valence-electron chi connectivity index (χ1n) is 24.9. The van der Waals surface area contributed by atoms with E-state index in [2.05, 4.69) is 54.9 Å². The molecule has 0 N–H and O–H groups in total. The molecule has 11 aromatic rings. The lowest BCUT2D eigenvalue weighted by Crippen LogP contribution is -2.30.